The SMILES string of the molecule is C#CCO[C@H]1C=CC[C@H]2[C@@H]1C2(C)C. The van der Waals surface area contributed by atoms with Crippen LogP contribution in [0.1, 0.15) is 20.3 Å². The van der Waals surface area contributed by atoms with Crippen molar-refractivity contribution in [1.82, 2.24) is 0 Å². The van der Waals surface area contributed by atoms with Crippen molar-refractivity contribution < 1.29 is 4.74 Å². The van der Waals surface area contributed by atoms with Gasteiger partial charge in [0, 0.05) is 0 Å². The summed E-state index contributed by atoms with van der Waals surface area (Å²) in [7, 11) is 0. The highest BCUT2D eigenvalue weighted by Crippen LogP contribution is 2.63. The second kappa shape index (κ2) is 2.89. The van der Waals surface area contributed by atoms with E-state index in [1.165, 1.54) is 6.42 Å². The van der Waals surface area contributed by atoms with Crippen molar-refractivity contribution in [3.05, 3.63) is 12.2 Å². The van der Waals surface area contributed by atoms with Crippen LogP contribution in [0.15, 0.2) is 12.2 Å². The Morgan fingerprint density at radius 3 is 3.08 bits per heavy atom. The molecule has 0 bridgehead atoms. The summed E-state index contributed by atoms with van der Waals surface area (Å²) < 4.78 is 5.60. The van der Waals surface area contributed by atoms with Gasteiger partial charge in [-0.1, -0.05) is 31.9 Å². The van der Waals surface area contributed by atoms with Gasteiger partial charge in [-0.15, -0.1) is 6.42 Å². The molecule has 0 aromatic rings. The molecule has 1 nitrogen and oxygen atoms in total. The smallest absolute Gasteiger partial charge is 0.108 e. The van der Waals surface area contributed by atoms with Crippen molar-refractivity contribution >= 4 is 0 Å². The highest BCUT2D eigenvalue weighted by atomic mass is 16.5. The molecule has 2 aliphatic rings. The molecule has 2 aliphatic carbocycles. The summed E-state index contributed by atoms with van der Waals surface area (Å²) in [5.41, 5.74) is 0.461. The molecule has 0 N–H and O–H groups in total. The van der Waals surface area contributed by atoms with Gasteiger partial charge in [0.1, 0.15) is 6.61 Å². The molecule has 0 aliphatic heterocycles. The molecule has 0 radical (unpaired) electrons. The van der Waals surface area contributed by atoms with Crippen LogP contribution in [0.4, 0.5) is 0 Å². The second-order valence-electron chi connectivity index (χ2n) is 4.60. The fourth-order valence-corrected chi connectivity index (χ4v) is 2.67. The van der Waals surface area contributed by atoms with Gasteiger partial charge in [-0.3, -0.25) is 0 Å². The molecule has 0 heterocycles. The quantitative estimate of drug-likeness (QED) is 0.463. The number of terminal acetylenes is 1. The molecule has 13 heavy (non-hydrogen) atoms. The van der Waals surface area contributed by atoms with E-state index in [2.05, 4.69) is 31.9 Å². The lowest BCUT2D eigenvalue weighted by Crippen LogP contribution is -2.17. The summed E-state index contributed by atoms with van der Waals surface area (Å²) in [5, 5.41) is 0. The summed E-state index contributed by atoms with van der Waals surface area (Å²) in [6, 6.07) is 0. The first-order chi connectivity index (χ1) is 6.18. The minimum atomic E-state index is 0.268. The van der Waals surface area contributed by atoms with Gasteiger partial charge in [-0.25, -0.2) is 0 Å². The van der Waals surface area contributed by atoms with Gasteiger partial charge in [-0.05, 0) is 23.7 Å². The molecule has 0 spiro atoms. The van der Waals surface area contributed by atoms with Crippen molar-refractivity contribution in [2.24, 2.45) is 17.3 Å². The van der Waals surface area contributed by atoms with Gasteiger partial charge in [0.25, 0.3) is 0 Å². The molecule has 1 heteroatoms. The third-order valence-corrected chi connectivity index (χ3v) is 3.57. The fraction of sp³-hybridized carbons (Fsp3) is 0.667. The van der Waals surface area contributed by atoms with E-state index in [-0.39, 0.29) is 6.10 Å². The summed E-state index contributed by atoms with van der Waals surface area (Å²) in [6.07, 6.45) is 11.1. The van der Waals surface area contributed by atoms with Crippen molar-refractivity contribution in [2.45, 2.75) is 26.4 Å². The van der Waals surface area contributed by atoms with Crippen LogP contribution in [-0.2, 0) is 4.74 Å². The van der Waals surface area contributed by atoms with Gasteiger partial charge in [0.2, 0.25) is 0 Å². The Kier molecular flexibility index (Phi) is 1.96. The predicted molar refractivity (Wildman–Crippen MR) is 53.1 cm³/mol. The van der Waals surface area contributed by atoms with Crippen LogP contribution >= 0.6 is 0 Å². The second-order valence-corrected chi connectivity index (χ2v) is 4.60. The maximum Gasteiger partial charge on any atom is 0.108 e. The monoisotopic (exact) mass is 176 g/mol. The zero-order valence-corrected chi connectivity index (χ0v) is 8.29. The first-order valence-electron chi connectivity index (χ1n) is 4.89. The van der Waals surface area contributed by atoms with Crippen LogP contribution in [0.25, 0.3) is 0 Å². The average molecular weight is 176 g/mol. The predicted octanol–water partition coefficient (Wildman–Crippen LogP) is 2.24. The minimum Gasteiger partial charge on any atom is -0.361 e. The third-order valence-electron chi connectivity index (χ3n) is 3.57. The Bertz CT molecular complexity index is 269. The molecule has 3 atom stereocenters. The Morgan fingerprint density at radius 2 is 2.38 bits per heavy atom. The van der Waals surface area contributed by atoms with Gasteiger partial charge < -0.3 is 4.74 Å². The minimum absolute atomic E-state index is 0.268. The molecule has 0 aromatic carbocycles. The number of hydrogen-bond acceptors (Lipinski definition) is 1. The fourth-order valence-electron chi connectivity index (χ4n) is 2.67. The highest BCUT2D eigenvalue weighted by molar-refractivity contribution is 5.19. The Balaban J connectivity index is 2.01. The summed E-state index contributed by atoms with van der Waals surface area (Å²) in [4.78, 5) is 0. The lowest BCUT2D eigenvalue weighted by molar-refractivity contribution is 0.0831. The molecule has 1 saturated carbocycles. The zero-order chi connectivity index (χ0) is 9.47. The van der Waals surface area contributed by atoms with Crippen LogP contribution in [0.3, 0.4) is 0 Å². The number of allylic oxidation sites excluding steroid dienone is 1. The molecule has 2 rings (SSSR count). The van der Waals surface area contributed by atoms with Crippen molar-refractivity contribution in [3.8, 4) is 12.3 Å². The molecule has 0 aromatic heterocycles. The topological polar surface area (TPSA) is 9.23 Å². The van der Waals surface area contributed by atoms with E-state index in [4.69, 9.17) is 11.2 Å². The van der Waals surface area contributed by atoms with E-state index >= 15 is 0 Å². The molecule has 1 fully saturated rings. The molecular formula is C12H16O. The number of rotatable bonds is 2. The molecule has 0 amide bonds. The van der Waals surface area contributed by atoms with E-state index in [9.17, 15) is 0 Å². The van der Waals surface area contributed by atoms with Gasteiger partial charge >= 0.3 is 0 Å². The highest BCUT2D eigenvalue weighted by Gasteiger charge is 2.60. The van der Waals surface area contributed by atoms with E-state index in [0.717, 1.165) is 5.92 Å². The Labute approximate surface area is 80.2 Å². The summed E-state index contributed by atoms with van der Waals surface area (Å²) in [5.74, 6) is 4.04. The lowest BCUT2D eigenvalue weighted by Gasteiger charge is -2.15. The van der Waals surface area contributed by atoms with Gasteiger partial charge in [-0.2, -0.15) is 0 Å². The van der Waals surface area contributed by atoms with Crippen LogP contribution in [0.2, 0.25) is 0 Å². The summed E-state index contributed by atoms with van der Waals surface area (Å²) in [6.45, 7) is 5.08. The van der Waals surface area contributed by atoms with E-state index in [1.54, 1.807) is 0 Å². The first-order valence-corrected chi connectivity index (χ1v) is 4.89. The maximum atomic E-state index is 5.60. The zero-order valence-electron chi connectivity index (χ0n) is 8.29. The van der Waals surface area contributed by atoms with E-state index in [0.29, 0.717) is 17.9 Å². The Morgan fingerprint density at radius 1 is 1.62 bits per heavy atom. The van der Waals surface area contributed by atoms with Crippen molar-refractivity contribution in [1.29, 1.82) is 0 Å². The largest absolute Gasteiger partial charge is 0.361 e. The molecular weight excluding hydrogens is 160 g/mol. The Hall–Kier alpha value is -0.740. The number of hydrogen-bond donors (Lipinski definition) is 0. The first kappa shape index (κ1) is 8.84. The van der Waals surface area contributed by atoms with E-state index < -0.39 is 0 Å². The molecule has 0 unspecified atom stereocenters. The summed E-state index contributed by atoms with van der Waals surface area (Å²) >= 11 is 0. The normalized spacial score (nSPS) is 39.3. The number of ether oxygens (including phenoxy) is 1. The van der Waals surface area contributed by atoms with Crippen LogP contribution in [-0.4, -0.2) is 12.7 Å². The van der Waals surface area contributed by atoms with Crippen LogP contribution in [0.5, 0.6) is 0 Å². The van der Waals surface area contributed by atoms with Gasteiger partial charge in [0.05, 0.1) is 6.10 Å². The number of fused-ring (bicyclic) bond motifs is 1. The van der Waals surface area contributed by atoms with Crippen molar-refractivity contribution in [2.75, 3.05) is 6.61 Å². The maximum absolute atomic E-state index is 5.60. The van der Waals surface area contributed by atoms with Gasteiger partial charge in [0.15, 0.2) is 0 Å². The third kappa shape index (κ3) is 1.30. The van der Waals surface area contributed by atoms with Crippen molar-refractivity contribution in [3.63, 3.8) is 0 Å². The van der Waals surface area contributed by atoms with E-state index in [1.807, 2.05) is 0 Å². The lowest BCUT2D eigenvalue weighted by atomic mass is 10.1. The van der Waals surface area contributed by atoms with Crippen LogP contribution < -0.4 is 0 Å². The molecule has 70 valence electrons. The van der Waals surface area contributed by atoms with Crippen LogP contribution in [0, 0.1) is 29.6 Å². The average Bonchev–Trinajstić information content (AvgIpc) is 2.67. The molecule has 0 saturated heterocycles. The standard InChI is InChI=1S/C12H16O/c1-4-8-13-10-7-5-6-9-11(10)12(9,2)3/h1,5,7,9-11H,6,8H2,2-3H3/t9-,10-,11-/m0/s1.